The molecule has 5 rings (SSSR count). The number of nitrogens with zero attached hydrogens (tertiary/aromatic N) is 6. The Morgan fingerprint density at radius 3 is 2.62 bits per heavy atom. The van der Waals surface area contributed by atoms with Gasteiger partial charge in [0, 0.05) is 18.5 Å². The molecule has 0 spiro atoms. The third-order valence-corrected chi connectivity index (χ3v) is 6.53. The summed E-state index contributed by atoms with van der Waals surface area (Å²) in [5, 5.41) is 6.21. The quantitative estimate of drug-likeness (QED) is 0.369. The summed E-state index contributed by atoms with van der Waals surface area (Å²) in [7, 11) is 0. The van der Waals surface area contributed by atoms with Crippen molar-refractivity contribution in [3.05, 3.63) is 46.9 Å². The first-order valence-corrected chi connectivity index (χ1v) is 11.6. The summed E-state index contributed by atoms with van der Waals surface area (Å²) in [5.74, 6) is 0.570. The largest absolute Gasteiger partial charge is 0.369 e. The average Bonchev–Trinajstić information content (AvgIpc) is 3.32. The SMILES string of the molecule is Cc1cn2nc(-c3cc(Cl)c4cc(N(CC(C)C)CC5(C)CC5)cnc4n3)cc(C)c2n1. The Bertz CT molecular complexity index is 1320. The van der Waals surface area contributed by atoms with Gasteiger partial charge in [0.2, 0.25) is 0 Å². The highest BCUT2D eigenvalue weighted by Gasteiger charge is 2.39. The van der Waals surface area contributed by atoms with Gasteiger partial charge >= 0.3 is 0 Å². The Labute approximate surface area is 193 Å². The second-order valence-corrected chi connectivity index (χ2v) is 10.4. The number of fused-ring (bicyclic) bond motifs is 2. The van der Waals surface area contributed by atoms with E-state index in [2.05, 4.69) is 36.7 Å². The fraction of sp³-hybridized carbons (Fsp3) is 0.440. The van der Waals surface area contributed by atoms with E-state index in [1.165, 1.54) is 12.8 Å². The number of halogens is 1. The average molecular weight is 449 g/mol. The van der Waals surface area contributed by atoms with Gasteiger partial charge in [-0.05, 0) is 61.8 Å². The minimum atomic E-state index is 0.420. The smallest absolute Gasteiger partial charge is 0.161 e. The fourth-order valence-corrected chi connectivity index (χ4v) is 4.51. The molecular weight excluding hydrogens is 420 g/mol. The Hall–Kier alpha value is -2.73. The molecule has 4 aromatic heterocycles. The normalized spacial score (nSPS) is 15.1. The molecule has 1 aliphatic carbocycles. The predicted molar refractivity (Wildman–Crippen MR) is 130 cm³/mol. The maximum atomic E-state index is 6.76. The van der Waals surface area contributed by atoms with Crippen LogP contribution in [0.5, 0.6) is 0 Å². The molecule has 0 radical (unpaired) electrons. The molecule has 0 amide bonds. The summed E-state index contributed by atoms with van der Waals surface area (Å²) >= 11 is 6.76. The van der Waals surface area contributed by atoms with Gasteiger partial charge in [0.05, 0.1) is 34.5 Å². The van der Waals surface area contributed by atoms with E-state index in [-0.39, 0.29) is 0 Å². The number of aromatic nitrogens is 5. The van der Waals surface area contributed by atoms with Crippen LogP contribution in [0, 0.1) is 25.2 Å². The van der Waals surface area contributed by atoms with Gasteiger partial charge in [-0.1, -0.05) is 32.4 Å². The summed E-state index contributed by atoms with van der Waals surface area (Å²) in [6.07, 6.45) is 6.44. The Balaban J connectivity index is 1.54. The summed E-state index contributed by atoms with van der Waals surface area (Å²) in [4.78, 5) is 16.5. The minimum absolute atomic E-state index is 0.420. The molecule has 0 unspecified atom stereocenters. The Morgan fingerprint density at radius 2 is 1.91 bits per heavy atom. The van der Waals surface area contributed by atoms with Crippen molar-refractivity contribution in [2.45, 2.75) is 47.5 Å². The van der Waals surface area contributed by atoms with Crippen molar-refractivity contribution in [2.75, 3.05) is 18.0 Å². The fourth-order valence-electron chi connectivity index (χ4n) is 4.26. The Morgan fingerprint density at radius 1 is 1.12 bits per heavy atom. The van der Waals surface area contributed by atoms with Crippen molar-refractivity contribution in [2.24, 2.45) is 11.3 Å². The van der Waals surface area contributed by atoms with Gasteiger partial charge in [-0.15, -0.1) is 0 Å². The van der Waals surface area contributed by atoms with E-state index in [1.807, 2.05) is 38.4 Å². The van der Waals surface area contributed by atoms with Crippen LogP contribution in [0.1, 0.15) is 44.9 Å². The van der Waals surface area contributed by atoms with Crippen LogP contribution in [-0.2, 0) is 0 Å². The number of aryl methyl sites for hydroxylation is 2. The highest BCUT2D eigenvalue weighted by molar-refractivity contribution is 6.35. The molecule has 0 atom stereocenters. The third kappa shape index (κ3) is 4.04. The van der Waals surface area contributed by atoms with Crippen molar-refractivity contribution in [1.82, 2.24) is 24.6 Å². The first kappa shape index (κ1) is 21.1. The molecule has 1 aliphatic rings. The lowest BCUT2D eigenvalue weighted by atomic mass is 10.1. The molecule has 4 heterocycles. The van der Waals surface area contributed by atoms with E-state index in [9.17, 15) is 0 Å². The first-order valence-electron chi connectivity index (χ1n) is 11.3. The number of imidazole rings is 1. The molecular formula is C25H29ClN6. The lowest BCUT2D eigenvalue weighted by molar-refractivity contribution is 0.514. The molecule has 0 bridgehead atoms. The minimum Gasteiger partial charge on any atom is -0.369 e. The molecule has 0 N–H and O–H groups in total. The topological polar surface area (TPSA) is 59.2 Å². The van der Waals surface area contributed by atoms with Gasteiger partial charge < -0.3 is 4.90 Å². The Kier molecular flexibility index (Phi) is 5.08. The molecule has 1 fully saturated rings. The van der Waals surface area contributed by atoms with E-state index in [0.717, 1.165) is 46.8 Å². The third-order valence-electron chi connectivity index (χ3n) is 6.22. The van der Waals surface area contributed by atoms with Crippen LogP contribution >= 0.6 is 11.6 Å². The zero-order valence-corrected chi connectivity index (χ0v) is 20.1. The summed E-state index contributed by atoms with van der Waals surface area (Å²) in [6.45, 7) is 12.9. The standard InChI is InChI=1S/C25H29ClN6/c1-15(2)12-31(14-25(5)6-7-25)18-9-19-20(26)10-21(29-23(19)27-11-18)22-8-16(3)24-28-17(4)13-32(24)30-22/h8-11,13,15H,6-7,12,14H2,1-5H3. The van der Waals surface area contributed by atoms with Gasteiger partial charge in [-0.2, -0.15) is 5.10 Å². The maximum Gasteiger partial charge on any atom is 0.161 e. The molecule has 166 valence electrons. The molecule has 0 aromatic carbocycles. The first-order chi connectivity index (χ1) is 15.2. The van der Waals surface area contributed by atoms with Crippen LogP contribution < -0.4 is 4.90 Å². The molecule has 4 aromatic rings. The van der Waals surface area contributed by atoms with Crippen LogP contribution in [0.4, 0.5) is 5.69 Å². The highest BCUT2D eigenvalue weighted by Crippen LogP contribution is 2.46. The number of hydrogen-bond donors (Lipinski definition) is 0. The second-order valence-electron chi connectivity index (χ2n) is 10.0. The van der Waals surface area contributed by atoms with E-state index in [0.29, 0.717) is 27.7 Å². The number of rotatable bonds is 6. The number of anilines is 1. The van der Waals surface area contributed by atoms with Crippen LogP contribution in [0.25, 0.3) is 28.1 Å². The highest BCUT2D eigenvalue weighted by atomic mass is 35.5. The van der Waals surface area contributed by atoms with Gasteiger partial charge in [-0.3, -0.25) is 0 Å². The van der Waals surface area contributed by atoms with E-state index in [1.54, 1.807) is 4.52 Å². The molecule has 1 saturated carbocycles. The number of pyridine rings is 2. The molecule has 7 heteroatoms. The number of hydrogen-bond acceptors (Lipinski definition) is 5. The summed E-state index contributed by atoms with van der Waals surface area (Å²) in [5.41, 5.74) is 6.47. The lowest BCUT2D eigenvalue weighted by Gasteiger charge is -2.29. The van der Waals surface area contributed by atoms with Crippen molar-refractivity contribution in [3.63, 3.8) is 0 Å². The van der Waals surface area contributed by atoms with Crippen molar-refractivity contribution in [3.8, 4) is 11.4 Å². The van der Waals surface area contributed by atoms with E-state index >= 15 is 0 Å². The molecule has 6 nitrogen and oxygen atoms in total. The van der Waals surface area contributed by atoms with E-state index in [4.69, 9.17) is 26.7 Å². The van der Waals surface area contributed by atoms with Gasteiger partial charge in [-0.25, -0.2) is 19.5 Å². The molecule has 0 saturated heterocycles. The summed E-state index contributed by atoms with van der Waals surface area (Å²) in [6, 6.07) is 6.03. The van der Waals surface area contributed by atoms with Crippen LogP contribution in [0.2, 0.25) is 5.02 Å². The van der Waals surface area contributed by atoms with Crippen molar-refractivity contribution >= 4 is 34.0 Å². The van der Waals surface area contributed by atoms with Crippen LogP contribution in [0.15, 0.2) is 30.6 Å². The second kappa shape index (κ2) is 7.69. The lowest BCUT2D eigenvalue weighted by Crippen LogP contribution is -2.32. The predicted octanol–water partition coefficient (Wildman–Crippen LogP) is 5.87. The molecule has 0 aliphatic heterocycles. The van der Waals surface area contributed by atoms with Gasteiger partial charge in [0.25, 0.3) is 0 Å². The van der Waals surface area contributed by atoms with Crippen LogP contribution in [0.3, 0.4) is 0 Å². The molecule has 32 heavy (non-hydrogen) atoms. The monoisotopic (exact) mass is 448 g/mol. The van der Waals surface area contributed by atoms with E-state index < -0.39 is 0 Å². The van der Waals surface area contributed by atoms with Gasteiger partial charge in [0.1, 0.15) is 5.69 Å². The van der Waals surface area contributed by atoms with Crippen LogP contribution in [-0.4, -0.2) is 37.7 Å². The zero-order chi connectivity index (χ0) is 22.6. The van der Waals surface area contributed by atoms with Crippen molar-refractivity contribution in [1.29, 1.82) is 0 Å². The zero-order valence-electron chi connectivity index (χ0n) is 19.4. The van der Waals surface area contributed by atoms with Crippen molar-refractivity contribution < 1.29 is 0 Å². The maximum absolute atomic E-state index is 6.76. The summed E-state index contributed by atoms with van der Waals surface area (Å²) < 4.78 is 1.80. The van der Waals surface area contributed by atoms with Gasteiger partial charge in [0.15, 0.2) is 11.3 Å².